The third-order valence-electron chi connectivity index (χ3n) is 0.712. The van der Waals surface area contributed by atoms with Crippen LogP contribution in [0.1, 0.15) is 6.42 Å². The number of hydrogen-bond acceptors (Lipinski definition) is 4. The second kappa shape index (κ2) is 6.46. The number of hydrogen-bond donors (Lipinski definition) is 6. The molecule has 0 heterocycles. The summed E-state index contributed by atoms with van der Waals surface area (Å²) in [6.45, 7) is 0. The number of nitrogens with two attached hydrogens (primary N) is 2. The van der Waals surface area contributed by atoms with Gasteiger partial charge in [-0.25, -0.2) is 10.1 Å². The summed E-state index contributed by atoms with van der Waals surface area (Å²) in [6.07, 6.45) is -0.532. The van der Waals surface area contributed by atoms with Gasteiger partial charge in [-0.2, -0.15) is 0 Å². The van der Waals surface area contributed by atoms with E-state index in [0.717, 1.165) is 0 Å². The van der Waals surface area contributed by atoms with Gasteiger partial charge in [-0.15, -0.1) is 0 Å². The first kappa shape index (κ1) is 15.5. The molecule has 0 aromatic heterocycles. The number of aliphatic carboxylic acids is 2. The molecule has 0 saturated carbocycles. The maximum Gasteiger partial charge on any atom is 0.397 e. The van der Waals surface area contributed by atoms with Gasteiger partial charge in [-0.05, 0) is 0 Å². The van der Waals surface area contributed by atoms with Gasteiger partial charge in [0.15, 0.2) is 0 Å². The maximum absolute atomic E-state index is 9.85. The molecule has 0 spiro atoms. The van der Waals surface area contributed by atoms with Crippen LogP contribution in [0, 0.1) is 0 Å². The van der Waals surface area contributed by atoms with Crippen molar-refractivity contribution in [2.45, 2.75) is 12.5 Å². The van der Waals surface area contributed by atoms with Crippen LogP contribution < -0.4 is 11.2 Å². The van der Waals surface area contributed by atoms with Gasteiger partial charge in [0.1, 0.15) is 6.04 Å². The van der Waals surface area contributed by atoms with Crippen LogP contribution in [0.4, 0.5) is 0 Å². The summed E-state index contributed by atoms with van der Waals surface area (Å²) in [4.78, 5) is 34.4. The fourth-order valence-corrected chi connectivity index (χ4v) is 0.275. The standard InChI is InChI=1S/C4H7NO4.H4NO3P/c5-2(4(8)9)1-3(6)7;1-5(2,3)4/h2H,1,5H2,(H,6,7)(H,8,9);(H4,1,2,3,4)/t2-;/m0./s1. The van der Waals surface area contributed by atoms with Crippen LogP contribution >= 0.6 is 7.75 Å². The molecule has 1 atom stereocenters. The van der Waals surface area contributed by atoms with E-state index in [9.17, 15) is 9.59 Å². The van der Waals surface area contributed by atoms with Crippen LogP contribution in [0.5, 0.6) is 0 Å². The molecular weight excluding hydrogens is 219 g/mol. The van der Waals surface area contributed by atoms with Crippen LogP contribution in [0.3, 0.4) is 0 Å². The van der Waals surface area contributed by atoms with Gasteiger partial charge in [-0.1, -0.05) is 0 Å². The highest BCUT2D eigenvalue weighted by Crippen LogP contribution is 2.20. The van der Waals surface area contributed by atoms with E-state index in [-0.39, 0.29) is 0 Å². The van der Waals surface area contributed by atoms with Gasteiger partial charge in [-0.3, -0.25) is 9.59 Å². The van der Waals surface area contributed by atoms with Crippen LogP contribution in [0.2, 0.25) is 0 Å². The number of carboxylic acid groups (broad SMARTS) is 2. The van der Waals surface area contributed by atoms with Crippen LogP contribution in [0.25, 0.3) is 0 Å². The molecule has 0 unspecified atom stereocenters. The van der Waals surface area contributed by atoms with E-state index in [1.54, 1.807) is 0 Å². The molecule has 14 heavy (non-hydrogen) atoms. The van der Waals surface area contributed by atoms with Crippen LogP contribution in [-0.4, -0.2) is 38.0 Å². The van der Waals surface area contributed by atoms with Crippen molar-refractivity contribution in [1.82, 2.24) is 0 Å². The van der Waals surface area contributed by atoms with Gasteiger partial charge < -0.3 is 25.7 Å². The highest BCUT2D eigenvalue weighted by atomic mass is 31.2. The molecule has 0 aliphatic heterocycles. The third-order valence-corrected chi connectivity index (χ3v) is 0.712. The molecule has 8 N–H and O–H groups in total. The molecule has 0 fully saturated rings. The summed E-state index contributed by atoms with van der Waals surface area (Å²) < 4.78 is 9.10. The minimum atomic E-state index is -4.14. The Morgan fingerprint density at radius 2 is 1.57 bits per heavy atom. The van der Waals surface area contributed by atoms with Gasteiger partial charge in [0.25, 0.3) is 0 Å². The van der Waals surface area contributed by atoms with Crippen molar-refractivity contribution in [2.24, 2.45) is 11.2 Å². The van der Waals surface area contributed by atoms with Crippen molar-refractivity contribution >= 4 is 19.7 Å². The zero-order valence-corrected chi connectivity index (χ0v) is 7.79. The van der Waals surface area contributed by atoms with E-state index in [2.05, 4.69) is 5.50 Å². The van der Waals surface area contributed by atoms with Gasteiger partial charge in [0.2, 0.25) is 0 Å². The van der Waals surface area contributed by atoms with E-state index in [4.69, 9.17) is 30.3 Å². The minimum absolute atomic E-state index is 0.532. The lowest BCUT2D eigenvalue weighted by Gasteiger charge is -1.99. The summed E-state index contributed by atoms with van der Waals surface area (Å²) in [5.74, 6) is -2.50. The number of carboxylic acids is 2. The first-order chi connectivity index (χ1) is 6.04. The second-order valence-corrected chi connectivity index (χ2v) is 3.31. The van der Waals surface area contributed by atoms with Gasteiger partial charge in [0.05, 0.1) is 6.42 Å². The third kappa shape index (κ3) is 22.5. The summed E-state index contributed by atoms with van der Waals surface area (Å²) >= 11 is 0. The summed E-state index contributed by atoms with van der Waals surface area (Å²) in [7, 11) is -4.14. The Balaban J connectivity index is 0. The lowest BCUT2D eigenvalue weighted by molar-refractivity contribution is -0.144. The highest BCUT2D eigenvalue weighted by Gasteiger charge is 2.14. The molecule has 84 valence electrons. The topological polar surface area (TPSA) is 184 Å². The average Bonchev–Trinajstić information content (AvgIpc) is 1.80. The molecule has 0 rings (SSSR count). The summed E-state index contributed by atoms with van der Waals surface area (Å²) in [6, 6.07) is -1.29. The predicted octanol–water partition coefficient (Wildman–Crippen LogP) is -2.09. The Labute approximate surface area is 78.5 Å². The smallest absolute Gasteiger partial charge is 0.397 e. The van der Waals surface area contributed by atoms with Gasteiger partial charge in [0, 0.05) is 0 Å². The lowest BCUT2D eigenvalue weighted by atomic mass is 10.2. The summed E-state index contributed by atoms with van der Waals surface area (Å²) in [5.41, 5.74) is 8.86. The fourth-order valence-electron chi connectivity index (χ4n) is 0.275. The van der Waals surface area contributed by atoms with E-state index >= 15 is 0 Å². The Morgan fingerprint density at radius 3 is 1.64 bits per heavy atom. The second-order valence-electron chi connectivity index (χ2n) is 2.13. The van der Waals surface area contributed by atoms with E-state index in [1.807, 2.05) is 0 Å². The van der Waals surface area contributed by atoms with Crippen molar-refractivity contribution in [3.8, 4) is 0 Å². The Hall–Kier alpha value is -0.990. The average molecular weight is 230 g/mol. The Morgan fingerprint density at radius 1 is 1.29 bits per heavy atom. The van der Waals surface area contributed by atoms with Crippen molar-refractivity contribution in [1.29, 1.82) is 0 Å². The van der Waals surface area contributed by atoms with E-state index < -0.39 is 32.1 Å². The normalized spacial score (nSPS) is 12.3. The monoisotopic (exact) mass is 230 g/mol. The zero-order valence-electron chi connectivity index (χ0n) is 6.90. The molecule has 9 nitrogen and oxygen atoms in total. The van der Waals surface area contributed by atoms with Crippen molar-refractivity contribution in [3.05, 3.63) is 0 Å². The van der Waals surface area contributed by atoms with Crippen LogP contribution in [-0.2, 0) is 14.2 Å². The largest absolute Gasteiger partial charge is 0.481 e. The first-order valence-electron chi connectivity index (χ1n) is 3.08. The Bertz CT molecular complexity index is 240. The molecule has 0 bridgehead atoms. The first-order valence-corrected chi connectivity index (χ1v) is 4.76. The molecular formula is C4H11N2O7P. The zero-order chi connectivity index (χ0) is 11.9. The van der Waals surface area contributed by atoms with Crippen molar-refractivity contribution in [2.75, 3.05) is 0 Å². The molecule has 0 aliphatic rings. The molecule has 0 aliphatic carbocycles. The predicted molar refractivity (Wildman–Crippen MR) is 44.1 cm³/mol. The molecule has 10 heteroatoms. The maximum atomic E-state index is 9.85. The molecule has 0 aromatic rings. The fraction of sp³-hybridized carbons (Fsp3) is 0.500. The highest BCUT2D eigenvalue weighted by molar-refractivity contribution is 7.49. The van der Waals surface area contributed by atoms with Gasteiger partial charge >= 0.3 is 19.7 Å². The molecule has 0 saturated heterocycles. The SMILES string of the molecule is NP(=O)(O)O.N[C@@H](CC(=O)O)C(=O)O. The van der Waals surface area contributed by atoms with Crippen molar-refractivity contribution < 1.29 is 34.2 Å². The molecule has 0 radical (unpaired) electrons. The molecule has 0 aromatic carbocycles. The minimum Gasteiger partial charge on any atom is -0.481 e. The van der Waals surface area contributed by atoms with E-state index in [0.29, 0.717) is 0 Å². The quantitative estimate of drug-likeness (QED) is 0.295. The van der Waals surface area contributed by atoms with Crippen LogP contribution in [0.15, 0.2) is 0 Å². The lowest BCUT2D eigenvalue weighted by Crippen LogP contribution is -2.32. The van der Waals surface area contributed by atoms with E-state index in [1.165, 1.54) is 0 Å². The number of carbonyl (C=O) groups is 2. The summed E-state index contributed by atoms with van der Waals surface area (Å²) in [5, 5.41) is 16.0. The van der Waals surface area contributed by atoms with Crippen molar-refractivity contribution in [3.63, 3.8) is 0 Å². The Kier molecular flexibility index (Phi) is 7.15. The number of rotatable bonds is 3. The molecule has 0 amide bonds.